The molecule has 0 aromatic heterocycles. The number of Topliss-reactive ketones (excluding diaryl/α,β-unsaturated/α-hetero) is 1. The molecule has 0 saturated carbocycles. The van der Waals surface area contributed by atoms with Crippen LogP contribution in [0.1, 0.15) is 31.9 Å². The molecule has 2 aromatic carbocycles. The maximum absolute atomic E-state index is 13.8. The molecule has 0 radical (unpaired) electrons. The Morgan fingerprint density at radius 2 is 1.59 bits per heavy atom. The number of hydrogen-bond donors (Lipinski definition) is 0. The van der Waals surface area contributed by atoms with Crippen LogP contribution in [0, 0.1) is 5.41 Å². The van der Waals surface area contributed by atoms with E-state index < -0.39 is 11.5 Å². The van der Waals surface area contributed by atoms with Crippen molar-refractivity contribution < 1.29 is 14.3 Å². The van der Waals surface area contributed by atoms with Crippen LogP contribution >= 0.6 is 0 Å². The second-order valence-corrected chi connectivity index (χ2v) is 8.58. The van der Waals surface area contributed by atoms with Gasteiger partial charge in [-0.2, -0.15) is 0 Å². The van der Waals surface area contributed by atoms with Crippen LogP contribution in [-0.4, -0.2) is 35.5 Å². The lowest BCUT2D eigenvalue weighted by atomic mass is 9.72. The predicted molar refractivity (Wildman–Crippen MR) is 103 cm³/mol. The fourth-order valence-corrected chi connectivity index (χ4v) is 4.39. The fourth-order valence-electron chi connectivity index (χ4n) is 4.39. The molecule has 0 unspecified atom stereocenters. The number of nitrogens with zero attached hydrogens (tertiary/aromatic N) is 1. The molecule has 2 aliphatic heterocycles. The normalized spacial score (nSPS) is 27.9. The van der Waals surface area contributed by atoms with Crippen LogP contribution in [0.25, 0.3) is 0 Å². The number of rotatable bonds is 3. The van der Waals surface area contributed by atoms with Crippen molar-refractivity contribution in [3.63, 3.8) is 0 Å². The summed E-state index contributed by atoms with van der Waals surface area (Å²) >= 11 is 0. The molecular formula is C23H25NO3. The summed E-state index contributed by atoms with van der Waals surface area (Å²) in [7, 11) is 0. The summed E-state index contributed by atoms with van der Waals surface area (Å²) in [5.41, 5.74) is 0.313. The molecule has 3 atom stereocenters. The van der Waals surface area contributed by atoms with E-state index >= 15 is 0 Å². The van der Waals surface area contributed by atoms with E-state index in [1.807, 2.05) is 81.4 Å². The lowest BCUT2D eigenvalue weighted by Crippen LogP contribution is -2.48. The monoisotopic (exact) mass is 363 g/mol. The van der Waals surface area contributed by atoms with Crippen molar-refractivity contribution in [3.05, 3.63) is 71.8 Å². The first-order valence-corrected chi connectivity index (χ1v) is 9.44. The van der Waals surface area contributed by atoms with Gasteiger partial charge in [-0.1, -0.05) is 81.4 Å². The van der Waals surface area contributed by atoms with Crippen molar-refractivity contribution in [2.75, 3.05) is 6.61 Å². The molecule has 27 heavy (non-hydrogen) atoms. The zero-order valence-corrected chi connectivity index (χ0v) is 16.0. The second kappa shape index (κ2) is 6.31. The van der Waals surface area contributed by atoms with E-state index in [1.165, 1.54) is 0 Å². The summed E-state index contributed by atoms with van der Waals surface area (Å²) in [5, 5.41) is 0. The topological polar surface area (TPSA) is 46.6 Å². The number of benzene rings is 2. The average Bonchev–Trinajstić information content (AvgIpc) is 3.19. The number of carbonyl (C=O) groups is 2. The Hall–Kier alpha value is -2.46. The van der Waals surface area contributed by atoms with Gasteiger partial charge in [-0.3, -0.25) is 9.59 Å². The van der Waals surface area contributed by atoms with E-state index in [0.717, 1.165) is 11.1 Å². The Balaban J connectivity index is 1.84. The molecule has 1 amide bonds. The molecule has 2 aliphatic rings. The Bertz CT molecular complexity index is 856. The SMILES string of the molecule is CC(C)(C)[C@H]1OC[C@@H]2C(=O)[C@](Cc3ccccc3)(c3ccccc3)C(=O)N21. The van der Waals surface area contributed by atoms with Crippen LogP contribution in [0.2, 0.25) is 0 Å². The van der Waals surface area contributed by atoms with Gasteiger partial charge in [0.25, 0.3) is 0 Å². The molecule has 2 saturated heterocycles. The Morgan fingerprint density at radius 3 is 2.19 bits per heavy atom. The van der Waals surface area contributed by atoms with E-state index in [2.05, 4.69) is 0 Å². The van der Waals surface area contributed by atoms with Crippen LogP contribution in [-0.2, 0) is 26.2 Å². The molecule has 4 rings (SSSR count). The van der Waals surface area contributed by atoms with Crippen LogP contribution in [0.5, 0.6) is 0 Å². The molecule has 0 N–H and O–H groups in total. The molecule has 0 spiro atoms. The van der Waals surface area contributed by atoms with E-state index in [1.54, 1.807) is 4.90 Å². The molecule has 0 bridgehead atoms. The smallest absolute Gasteiger partial charge is 0.243 e. The summed E-state index contributed by atoms with van der Waals surface area (Å²) in [6, 6.07) is 18.8. The maximum Gasteiger partial charge on any atom is 0.243 e. The number of amides is 1. The van der Waals surface area contributed by atoms with Gasteiger partial charge in [0, 0.05) is 5.41 Å². The van der Waals surface area contributed by atoms with Crippen molar-refractivity contribution in [1.29, 1.82) is 0 Å². The van der Waals surface area contributed by atoms with Gasteiger partial charge in [-0.15, -0.1) is 0 Å². The zero-order valence-electron chi connectivity index (χ0n) is 16.0. The third-order valence-electron chi connectivity index (χ3n) is 5.64. The molecule has 2 aromatic rings. The van der Waals surface area contributed by atoms with Gasteiger partial charge in [0.05, 0.1) is 6.61 Å². The van der Waals surface area contributed by atoms with Gasteiger partial charge in [0.2, 0.25) is 5.91 Å². The van der Waals surface area contributed by atoms with Gasteiger partial charge in [-0.25, -0.2) is 0 Å². The third-order valence-corrected chi connectivity index (χ3v) is 5.64. The molecule has 4 nitrogen and oxygen atoms in total. The van der Waals surface area contributed by atoms with E-state index in [-0.39, 0.29) is 29.9 Å². The number of hydrogen-bond acceptors (Lipinski definition) is 3. The van der Waals surface area contributed by atoms with Gasteiger partial charge in [-0.05, 0) is 17.5 Å². The van der Waals surface area contributed by atoms with Crippen molar-refractivity contribution >= 4 is 11.7 Å². The summed E-state index contributed by atoms with van der Waals surface area (Å²) < 4.78 is 5.89. The number of fused-ring (bicyclic) bond motifs is 1. The van der Waals surface area contributed by atoms with Crippen LogP contribution < -0.4 is 0 Å². The highest BCUT2D eigenvalue weighted by molar-refractivity contribution is 6.20. The molecule has 2 fully saturated rings. The standard InChI is InChI=1S/C23H25NO3/c1-22(2,3)21-24-18(15-27-21)19(25)23(20(24)26,17-12-8-5-9-13-17)14-16-10-6-4-7-11-16/h4-13,18,21H,14-15H2,1-3H3/t18-,21-,23+/m1/s1. The van der Waals surface area contributed by atoms with Gasteiger partial charge in [0.15, 0.2) is 5.78 Å². The van der Waals surface area contributed by atoms with Crippen LogP contribution in [0.15, 0.2) is 60.7 Å². The van der Waals surface area contributed by atoms with Crippen LogP contribution in [0.4, 0.5) is 0 Å². The molecular weight excluding hydrogens is 338 g/mol. The zero-order chi connectivity index (χ0) is 19.2. The largest absolute Gasteiger partial charge is 0.355 e. The van der Waals surface area contributed by atoms with Crippen molar-refractivity contribution in [1.82, 2.24) is 4.90 Å². The Labute approximate surface area is 160 Å². The summed E-state index contributed by atoms with van der Waals surface area (Å²) in [4.78, 5) is 29.2. The minimum Gasteiger partial charge on any atom is -0.355 e. The summed E-state index contributed by atoms with van der Waals surface area (Å²) in [5.74, 6) is -0.181. The lowest BCUT2D eigenvalue weighted by Gasteiger charge is -2.35. The van der Waals surface area contributed by atoms with Gasteiger partial charge < -0.3 is 9.64 Å². The average molecular weight is 363 g/mol. The summed E-state index contributed by atoms with van der Waals surface area (Å²) in [6.45, 7) is 6.39. The quantitative estimate of drug-likeness (QED) is 0.786. The number of ketones is 1. The highest BCUT2D eigenvalue weighted by Gasteiger charge is 2.64. The Kier molecular flexibility index (Phi) is 4.19. The first kappa shape index (κ1) is 17.9. The van der Waals surface area contributed by atoms with Crippen molar-refractivity contribution in [3.8, 4) is 0 Å². The first-order chi connectivity index (χ1) is 12.9. The number of ether oxygens (including phenoxy) is 1. The second-order valence-electron chi connectivity index (χ2n) is 8.58. The van der Waals surface area contributed by atoms with Crippen molar-refractivity contribution in [2.45, 2.75) is 44.9 Å². The van der Waals surface area contributed by atoms with Gasteiger partial charge in [0.1, 0.15) is 17.7 Å². The molecule has 0 aliphatic carbocycles. The number of carbonyl (C=O) groups excluding carboxylic acids is 2. The minimum atomic E-state index is -1.18. The summed E-state index contributed by atoms with van der Waals surface area (Å²) in [6.07, 6.45) is -0.0142. The highest BCUT2D eigenvalue weighted by Crippen LogP contribution is 2.45. The van der Waals surface area contributed by atoms with E-state index in [0.29, 0.717) is 6.42 Å². The minimum absolute atomic E-state index is 0.0469. The molecule has 4 heteroatoms. The lowest BCUT2D eigenvalue weighted by molar-refractivity contribution is -0.145. The predicted octanol–water partition coefficient (Wildman–Crippen LogP) is 3.35. The van der Waals surface area contributed by atoms with E-state index in [4.69, 9.17) is 4.74 Å². The first-order valence-electron chi connectivity index (χ1n) is 9.44. The van der Waals surface area contributed by atoms with Crippen molar-refractivity contribution in [2.24, 2.45) is 5.41 Å². The van der Waals surface area contributed by atoms with Crippen LogP contribution in [0.3, 0.4) is 0 Å². The highest BCUT2D eigenvalue weighted by atomic mass is 16.5. The molecule has 2 heterocycles. The fraction of sp³-hybridized carbons (Fsp3) is 0.391. The third kappa shape index (κ3) is 2.71. The molecule has 140 valence electrons. The van der Waals surface area contributed by atoms with Gasteiger partial charge >= 0.3 is 0 Å². The van der Waals surface area contributed by atoms with E-state index in [9.17, 15) is 9.59 Å². The maximum atomic E-state index is 13.8. The Morgan fingerprint density at radius 1 is 1.00 bits per heavy atom.